The Morgan fingerprint density at radius 2 is 2.20 bits per heavy atom. The number of benzene rings is 1. The summed E-state index contributed by atoms with van der Waals surface area (Å²) < 4.78 is 18.4. The first-order valence-corrected chi connectivity index (χ1v) is 6.37. The highest BCUT2D eigenvalue weighted by molar-refractivity contribution is 6.05. The van der Waals surface area contributed by atoms with Crippen molar-refractivity contribution in [1.82, 2.24) is 4.90 Å². The van der Waals surface area contributed by atoms with Gasteiger partial charge in [-0.2, -0.15) is 0 Å². The van der Waals surface area contributed by atoms with Crippen LogP contribution in [0.1, 0.15) is 33.6 Å². The van der Waals surface area contributed by atoms with Crippen LogP contribution in [0.15, 0.2) is 18.2 Å². The fourth-order valence-corrected chi connectivity index (χ4v) is 2.50. The minimum Gasteiger partial charge on any atom is -0.478 e. The van der Waals surface area contributed by atoms with E-state index in [9.17, 15) is 14.0 Å². The molecule has 1 aliphatic rings. The number of methoxy groups -OCH3 is 1. The summed E-state index contributed by atoms with van der Waals surface area (Å²) in [5.74, 6) is -2.32. The Morgan fingerprint density at radius 1 is 1.45 bits per heavy atom. The third-order valence-corrected chi connectivity index (χ3v) is 3.44. The van der Waals surface area contributed by atoms with Crippen LogP contribution in [0.5, 0.6) is 0 Å². The van der Waals surface area contributed by atoms with E-state index in [1.54, 1.807) is 12.0 Å². The number of likely N-dealkylation sites (tertiary alicyclic amines) is 1. The lowest BCUT2D eigenvalue weighted by Gasteiger charge is -2.24. The van der Waals surface area contributed by atoms with Crippen LogP contribution >= 0.6 is 0 Å². The van der Waals surface area contributed by atoms with Crippen LogP contribution in [0.4, 0.5) is 4.39 Å². The van der Waals surface area contributed by atoms with Crippen molar-refractivity contribution in [2.24, 2.45) is 0 Å². The van der Waals surface area contributed by atoms with E-state index in [0.29, 0.717) is 13.2 Å². The van der Waals surface area contributed by atoms with Gasteiger partial charge >= 0.3 is 5.97 Å². The molecular formula is C14H16FNO4. The van der Waals surface area contributed by atoms with Crippen molar-refractivity contribution < 1.29 is 23.8 Å². The quantitative estimate of drug-likeness (QED) is 0.913. The largest absolute Gasteiger partial charge is 0.478 e. The lowest BCUT2D eigenvalue weighted by atomic mass is 10.1. The number of ether oxygens (including phenoxy) is 1. The van der Waals surface area contributed by atoms with E-state index < -0.39 is 17.7 Å². The standard InChI is InChI=1S/C14H16FNO4/c1-20-8-10-3-2-6-16(10)13(17)12-7-9(15)4-5-11(12)14(18)19/h4-5,7,10H,2-3,6,8H2,1H3,(H,18,19). The third-order valence-electron chi connectivity index (χ3n) is 3.44. The molecule has 1 saturated heterocycles. The van der Waals surface area contributed by atoms with Crippen LogP contribution in [0.2, 0.25) is 0 Å². The van der Waals surface area contributed by atoms with Crippen LogP contribution in [0.3, 0.4) is 0 Å². The molecular weight excluding hydrogens is 265 g/mol. The smallest absolute Gasteiger partial charge is 0.336 e. The highest BCUT2D eigenvalue weighted by Gasteiger charge is 2.31. The zero-order valence-electron chi connectivity index (χ0n) is 11.1. The fourth-order valence-electron chi connectivity index (χ4n) is 2.50. The van der Waals surface area contributed by atoms with E-state index in [-0.39, 0.29) is 17.2 Å². The molecule has 1 aliphatic heterocycles. The molecule has 0 saturated carbocycles. The van der Waals surface area contributed by atoms with E-state index in [2.05, 4.69) is 0 Å². The minimum absolute atomic E-state index is 0.0857. The lowest BCUT2D eigenvalue weighted by molar-refractivity contribution is 0.0611. The van der Waals surface area contributed by atoms with Gasteiger partial charge in [0, 0.05) is 13.7 Å². The Labute approximate surface area is 116 Å². The maximum atomic E-state index is 13.3. The van der Waals surface area contributed by atoms with Gasteiger partial charge in [0.05, 0.1) is 23.8 Å². The summed E-state index contributed by atoms with van der Waals surface area (Å²) in [6, 6.07) is 3.05. The van der Waals surface area contributed by atoms with Crippen molar-refractivity contribution >= 4 is 11.9 Å². The van der Waals surface area contributed by atoms with Crippen molar-refractivity contribution in [3.05, 3.63) is 35.1 Å². The molecule has 1 N–H and O–H groups in total. The Kier molecular flexibility index (Phi) is 4.34. The molecule has 1 amide bonds. The second kappa shape index (κ2) is 6.00. The molecule has 20 heavy (non-hydrogen) atoms. The third kappa shape index (κ3) is 2.80. The van der Waals surface area contributed by atoms with Gasteiger partial charge in [-0.05, 0) is 31.0 Å². The van der Waals surface area contributed by atoms with Crippen LogP contribution in [0, 0.1) is 5.82 Å². The van der Waals surface area contributed by atoms with Crippen LogP contribution in [-0.2, 0) is 4.74 Å². The number of hydrogen-bond donors (Lipinski definition) is 1. The van der Waals surface area contributed by atoms with Gasteiger partial charge in [-0.25, -0.2) is 9.18 Å². The molecule has 1 fully saturated rings. The van der Waals surface area contributed by atoms with Gasteiger partial charge in [-0.3, -0.25) is 4.79 Å². The van der Waals surface area contributed by atoms with Crippen LogP contribution < -0.4 is 0 Å². The van der Waals surface area contributed by atoms with Crippen LogP contribution in [-0.4, -0.2) is 48.2 Å². The fraction of sp³-hybridized carbons (Fsp3) is 0.429. The molecule has 0 aromatic heterocycles. The van der Waals surface area contributed by atoms with Crippen LogP contribution in [0.25, 0.3) is 0 Å². The molecule has 1 aromatic carbocycles. The molecule has 0 bridgehead atoms. The van der Waals surface area contributed by atoms with Crippen molar-refractivity contribution in [2.45, 2.75) is 18.9 Å². The Morgan fingerprint density at radius 3 is 2.85 bits per heavy atom. The normalized spacial score (nSPS) is 18.3. The van der Waals surface area contributed by atoms with Gasteiger partial charge in [0.15, 0.2) is 0 Å². The first-order valence-electron chi connectivity index (χ1n) is 6.37. The average molecular weight is 281 g/mol. The highest BCUT2D eigenvalue weighted by atomic mass is 19.1. The number of hydrogen-bond acceptors (Lipinski definition) is 3. The first kappa shape index (κ1) is 14.5. The molecule has 0 spiro atoms. The summed E-state index contributed by atoms with van der Waals surface area (Å²) in [6.45, 7) is 0.923. The zero-order valence-corrected chi connectivity index (χ0v) is 11.1. The first-order chi connectivity index (χ1) is 9.54. The molecule has 0 aliphatic carbocycles. The minimum atomic E-state index is -1.24. The number of carboxylic acid groups (broad SMARTS) is 1. The summed E-state index contributed by atoms with van der Waals surface area (Å²) in [5.41, 5.74) is -0.292. The SMILES string of the molecule is COCC1CCCN1C(=O)c1cc(F)ccc1C(=O)O. The number of carbonyl (C=O) groups excluding carboxylic acids is 1. The molecule has 1 aromatic rings. The topological polar surface area (TPSA) is 66.8 Å². The predicted molar refractivity (Wildman–Crippen MR) is 69.3 cm³/mol. The van der Waals surface area contributed by atoms with Crippen molar-refractivity contribution in [2.75, 3.05) is 20.3 Å². The summed E-state index contributed by atoms with van der Waals surface area (Å²) in [5, 5.41) is 9.10. The number of nitrogens with zero attached hydrogens (tertiary/aromatic N) is 1. The second-order valence-corrected chi connectivity index (χ2v) is 4.74. The highest BCUT2D eigenvalue weighted by Crippen LogP contribution is 2.22. The maximum absolute atomic E-state index is 13.3. The summed E-state index contributed by atoms with van der Waals surface area (Å²) in [4.78, 5) is 25.2. The predicted octanol–water partition coefficient (Wildman–Crippen LogP) is 1.77. The Balaban J connectivity index is 2.33. The van der Waals surface area contributed by atoms with Crippen molar-refractivity contribution in [3.63, 3.8) is 0 Å². The molecule has 2 rings (SSSR count). The van der Waals surface area contributed by atoms with Gasteiger partial charge in [0.1, 0.15) is 5.82 Å². The summed E-state index contributed by atoms with van der Waals surface area (Å²) >= 11 is 0. The number of carbonyl (C=O) groups is 2. The molecule has 1 heterocycles. The van der Waals surface area contributed by atoms with Gasteiger partial charge in [0.25, 0.3) is 5.91 Å². The monoisotopic (exact) mass is 281 g/mol. The van der Waals surface area contributed by atoms with E-state index in [0.717, 1.165) is 31.0 Å². The van der Waals surface area contributed by atoms with E-state index >= 15 is 0 Å². The summed E-state index contributed by atoms with van der Waals surface area (Å²) in [6.07, 6.45) is 1.63. The summed E-state index contributed by atoms with van der Waals surface area (Å²) in [7, 11) is 1.55. The van der Waals surface area contributed by atoms with Crippen molar-refractivity contribution in [1.29, 1.82) is 0 Å². The molecule has 5 nitrogen and oxygen atoms in total. The maximum Gasteiger partial charge on any atom is 0.336 e. The second-order valence-electron chi connectivity index (χ2n) is 4.74. The van der Waals surface area contributed by atoms with Gasteiger partial charge < -0.3 is 14.7 Å². The number of carboxylic acids is 1. The van der Waals surface area contributed by atoms with E-state index in [1.807, 2.05) is 0 Å². The molecule has 1 unspecified atom stereocenters. The number of amides is 1. The lowest BCUT2D eigenvalue weighted by Crippen LogP contribution is -2.38. The van der Waals surface area contributed by atoms with E-state index in [4.69, 9.17) is 9.84 Å². The van der Waals surface area contributed by atoms with E-state index in [1.165, 1.54) is 0 Å². The van der Waals surface area contributed by atoms with Crippen molar-refractivity contribution in [3.8, 4) is 0 Å². The molecule has 0 radical (unpaired) electrons. The number of rotatable bonds is 4. The zero-order chi connectivity index (χ0) is 14.7. The average Bonchev–Trinajstić information content (AvgIpc) is 2.86. The number of aromatic carboxylic acids is 1. The van der Waals surface area contributed by atoms with Gasteiger partial charge in [-0.1, -0.05) is 0 Å². The molecule has 1 atom stereocenters. The molecule has 108 valence electrons. The Hall–Kier alpha value is -1.95. The number of halogens is 1. The van der Waals surface area contributed by atoms with Gasteiger partial charge in [-0.15, -0.1) is 0 Å². The van der Waals surface area contributed by atoms with Gasteiger partial charge in [0.2, 0.25) is 0 Å². The Bertz CT molecular complexity index is 532. The molecule has 6 heteroatoms.